The molecule has 2 aliphatic carbocycles. The molecule has 6 nitrogen and oxygen atoms in total. The van der Waals surface area contributed by atoms with Gasteiger partial charge in [-0.15, -0.1) is 0 Å². The van der Waals surface area contributed by atoms with E-state index in [4.69, 9.17) is 4.74 Å². The predicted octanol–water partition coefficient (Wildman–Crippen LogP) is 4.28. The van der Waals surface area contributed by atoms with Gasteiger partial charge in [-0.2, -0.15) is 5.26 Å². The van der Waals surface area contributed by atoms with E-state index >= 15 is 0 Å². The molecular weight excluding hydrogens is 395 g/mol. The quantitative estimate of drug-likeness (QED) is 0.756. The second-order valence-corrected chi connectivity index (χ2v) is 8.14. The van der Waals surface area contributed by atoms with Crippen LogP contribution in [0.4, 0.5) is 10.1 Å². The average molecular weight is 418 g/mol. The SMILES string of the molecule is Cc1ncc(OC[C@@]2(C3C=CC=C(C#N)C3)C[C@H]2C(=O)Nc2ccc(F)cc2)c(C)n1. The van der Waals surface area contributed by atoms with Gasteiger partial charge >= 0.3 is 0 Å². The number of nitrogens with zero attached hydrogens (tertiary/aromatic N) is 3. The molecular formula is C24H23FN4O2. The standard InChI is InChI=1S/C24H23FN4O2/c1-15-22(13-27-16(2)28-15)31-14-24(18-5-3-4-17(10-18)12-26)11-21(24)23(30)29-20-8-6-19(25)7-9-20/h3-9,13,18,21H,10-11,14H2,1-2H3,(H,29,30)/t18?,21-,24+/m0/s1. The Hall–Kier alpha value is -3.53. The number of anilines is 1. The molecule has 7 heteroatoms. The van der Waals surface area contributed by atoms with Gasteiger partial charge in [-0.1, -0.05) is 12.2 Å². The molecule has 3 atom stereocenters. The Labute approximate surface area is 180 Å². The number of carbonyl (C=O) groups excluding carboxylic acids is 1. The molecule has 0 saturated heterocycles. The molecule has 0 bridgehead atoms. The van der Waals surface area contributed by atoms with E-state index in [1.165, 1.54) is 24.3 Å². The van der Waals surface area contributed by atoms with E-state index in [-0.39, 0.29) is 23.6 Å². The molecule has 2 aliphatic rings. The van der Waals surface area contributed by atoms with Crippen LogP contribution in [0.3, 0.4) is 0 Å². The van der Waals surface area contributed by atoms with Crippen LogP contribution < -0.4 is 10.1 Å². The van der Waals surface area contributed by atoms with Gasteiger partial charge in [0, 0.05) is 22.6 Å². The van der Waals surface area contributed by atoms with Gasteiger partial charge in [-0.3, -0.25) is 4.79 Å². The summed E-state index contributed by atoms with van der Waals surface area (Å²) < 4.78 is 19.3. The van der Waals surface area contributed by atoms with E-state index in [0.29, 0.717) is 42.3 Å². The number of nitrogens with one attached hydrogen (secondary N) is 1. The summed E-state index contributed by atoms with van der Waals surface area (Å²) in [6.45, 7) is 3.99. The fraction of sp³-hybridized carbons (Fsp3) is 0.333. The van der Waals surface area contributed by atoms with Crippen molar-refractivity contribution in [3.8, 4) is 11.8 Å². The number of allylic oxidation sites excluding steroid dienone is 4. The van der Waals surface area contributed by atoms with Crippen molar-refractivity contribution in [3.63, 3.8) is 0 Å². The zero-order valence-corrected chi connectivity index (χ0v) is 17.4. The van der Waals surface area contributed by atoms with Crippen LogP contribution in [0.1, 0.15) is 24.4 Å². The first kappa shape index (κ1) is 20.7. The number of halogens is 1. The maximum atomic E-state index is 13.2. The average Bonchev–Trinajstić information content (AvgIpc) is 3.51. The van der Waals surface area contributed by atoms with Crippen LogP contribution in [0.5, 0.6) is 5.75 Å². The van der Waals surface area contributed by atoms with Crippen molar-refractivity contribution >= 4 is 11.6 Å². The van der Waals surface area contributed by atoms with Crippen LogP contribution >= 0.6 is 0 Å². The highest BCUT2D eigenvalue weighted by Crippen LogP contribution is 2.60. The third-order valence-electron chi connectivity index (χ3n) is 6.06. The minimum atomic E-state index is -0.436. The molecule has 1 aromatic heterocycles. The lowest BCUT2D eigenvalue weighted by molar-refractivity contribution is -0.118. The van der Waals surface area contributed by atoms with Gasteiger partial charge in [0.25, 0.3) is 0 Å². The van der Waals surface area contributed by atoms with Crippen LogP contribution in [0, 0.1) is 48.2 Å². The number of hydrogen-bond acceptors (Lipinski definition) is 5. The molecule has 4 rings (SSSR count). The number of amides is 1. The predicted molar refractivity (Wildman–Crippen MR) is 114 cm³/mol. The van der Waals surface area contributed by atoms with E-state index < -0.39 is 5.41 Å². The first-order valence-corrected chi connectivity index (χ1v) is 10.2. The molecule has 1 unspecified atom stereocenters. The molecule has 1 saturated carbocycles. The monoisotopic (exact) mass is 418 g/mol. The molecule has 1 fully saturated rings. The number of aromatic nitrogens is 2. The van der Waals surface area contributed by atoms with E-state index in [1.54, 1.807) is 12.3 Å². The first-order chi connectivity index (χ1) is 14.9. The molecule has 1 heterocycles. The van der Waals surface area contributed by atoms with E-state index in [0.717, 1.165) is 5.69 Å². The van der Waals surface area contributed by atoms with Gasteiger partial charge in [0.05, 0.1) is 24.6 Å². The lowest BCUT2D eigenvalue weighted by Crippen LogP contribution is -2.30. The van der Waals surface area contributed by atoms with Gasteiger partial charge < -0.3 is 10.1 Å². The molecule has 1 amide bonds. The highest BCUT2D eigenvalue weighted by molar-refractivity contribution is 5.95. The molecule has 0 spiro atoms. The smallest absolute Gasteiger partial charge is 0.228 e. The number of nitriles is 1. The molecule has 1 N–H and O–H groups in total. The highest BCUT2D eigenvalue weighted by atomic mass is 19.1. The Morgan fingerprint density at radius 3 is 2.84 bits per heavy atom. The molecule has 0 aliphatic heterocycles. The third kappa shape index (κ3) is 4.33. The molecule has 0 radical (unpaired) electrons. The Bertz CT molecular complexity index is 1100. The van der Waals surface area contributed by atoms with Crippen LogP contribution in [-0.4, -0.2) is 22.5 Å². The lowest BCUT2D eigenvalue weighted by Gasteiger charge is -2.27. The van der Waals surface area contributed by atoms with Crippen molar-refractivity contribution < 1.29 is 13.9 Å². The van der Waals surface area contributed by atoms with Crippen molar-refractivity contribution in [1.29, 1.82) is 5.26 Å². The summed E-state index contributed by atoms with van der Waals surface area (Å²) in [5.41, 5.74) is 1.54. The first-order valence-electron chi connectivity index (χ1n) is 10.2. The van der Waals surface area contributed by atoms with Crippen molar-refractivity contribution in [2.24, 2.45) is 17.3 Å². The largest absolute Gasteiger partial charge is 0.489 e. The molecule has 2 aromatic rings. The van der Waals surface area contributed by atoms with Crippen LogP contribution in [0.2, 0.25) is 0 Å². The van der Waals surface area contributed by atoms with Crippen LogP contribution in [0.15, 0.2) is 54.3 Å². The van der Waals surface area contributed by atoms with Crippen molar-refractivity contribution in [2.45, 2.75) is 26.7 Å². The normalized spacial score (nSPS) is 24.1. The maximum absolute atomic E-state index is 13.2. The fourth-order valence-electron chi connectivity index (χ4n) is 4.20. The minimum absolute atomic E-state index is 0.00258. The van der Waals surface area contributed by atoms with E-state index in [9.17, 15) is 14.4 Å². The van der Waals surface area contributed by atoms with Crippen molar-refractivity contribution in [1.82, 2.24) is 9.97 Å². The summed E-state index contributed by atoms with van der Waals surface area (Å²) in [7, 11) is 0. The second-order valence-electron chi connectivity index (χ2n) is 8.14. The topological polar surface area (TPSA) is 87.9 Å². The second kappa shape index (κ2) is 8.31. The molecule has 31 heavy (non-hydrogen) atoms. The summed E-state index contributed by atoms with van der Waals surface area (Å²) in [5, 5.41) is 12.2. The zero-order chi connectivity index (χ0) is 22.0. The Kier molecular flexibility index (Phi) is 5.55. The van der Waals surface area contributed by atoms with Gasteiger partial charge in [-0.05, 0) is 62.9 Å². The summed E-state index contributed by atoms with van der Waals surface area (Å²) in [6.07, 6.45) is 8.59. The summed E-state index contributed by atoms with van der Waals surface area (Å²) in [4.78, 5) is 21.5. The molecule has 158 valence electrons. The number of benzene rings is 1. The van der Waals surface area contributed by atoms with Crippen LogP contribution in [0.25, 0.3) is 0 Å². The van der Waals surface area contributed by atoms with Gasteiger partial charge in [0.15, 0.2) is 5.75 Å². The summed E-state index contributed by atoms with van der Waals surface area (Å²) >= 11 is 0. The Morgan fingerprint density at radius 1 is 1.35 bits per heavy atom. The number of hydrogen-bond donors (Lipinski definition) is 1. The molecule has 1 aromatic carbocycles. The zero-order valence-electron chi connectivity index (χ0n) is 17.4. The number of ether oxygens (including phenoxy) is 1. The van der Waals surface area contributed by atoms with Crippen LogP contribution in [-0.2, 0) is 4.79 Å². The Balaban J connectivity index is 1.53. The van der Waals surface area contributed by atoms with Crippen molar-refractivity contribution in [3.05, 3.63) is 71.6 Å². The highest BCUT2D eigenvalue weighted by Gasteiger charge is 2.62. The van der Waals surface area contributed by atoms with Gasteiger partial charge in [0.1, 0.15) is 11.6 Å². The van der Waals surface area contributed by atoms with E-state index in [2.05, 4.69) is 21.4 Å². The number of rotatable bonds is 6. The minimum Gasteiger partial charge on any atom is -0.489 e. The maximum Gasteiger partial charge on any atom is 0.228 e. The van der Waals surface area contributed by atoms with Gasteiger partial charge in [-0.25, -0.2) is 14.4 Å². The van der Waals surface area contributed by atoms with Crippen molar-refractivity contribution in [2.75, 3.05) is 11.9 Å². The van der Waals surface area contributed by atoms with E-state index in [1.807, 2.05) is 26.0 Å². The number of carbonyl (C=O) groups is 1. The lowest BCUT2D eigenvalue weighted by atomic mass is 9.80. The Morgan fingerprint density at radius 2 is 2.13 bits per heavy atom. The third-order valence-corrected chi connectivity index (χ3v) is 6.06. The summed E-state index contributed by atoms with van der Waals surface area (Å²) in [5.74, 6) is 0.492. The number of aryl methyl sites for hydroxylation is 2. The fourth-order valence-corrected chi connectivity index (χ4v) is 4.20. The van der Waals surface area contributed by atoms with Gasteiger partial charge in [0.2, 0.25) is 5.91 Å². The summed E-state index contributed by atoms with van der Waals surface area (Å²) in [6, 6.07) is 7.93.